The number of likely N-dealkylation sites (tertiary alicyclic amines) is 1. The van der Waals surface area contributed by atoms with Crippen molar-refractivity contribution in [3.63, 3.8) is 0 Å². The molecule has 0 bridgehead atoms. The van der Waals surface area contributed by atoms with Gasteiger partial charge >= 0.3 is 12.1 Å². The number of hydrogen-bond donors (Lipinski definition) is 1. The molecule has 1 amide bonds. The fraction of sp³-hybridized carbons (Fsp3) is 0.579. The molecule has 0 aromatic heterocycles. The normalized spacial score (nSPS) is 20.9. The van der Waals surface area contributed by atoms with E-state index in [0.717, 1.165) is 44.3 Å². The summed E-state index contributed by atoms with van der Waals surface area (Å²) in [5, 5.41) is 8.97. The Hall–Kier alpha value is -2.08. The third kappa shape index (κ3) is 5.46. The Morgan fingerprint density at radius 1 is 1.20 bits per heavy atom. The summed E-state index contributed by atoms with van der Waals surface area (Å²) in [6, 6.07) is 9.98. The largest absolute Gasteiger partial charge is 0.480 e. The SMILES string of the molecule is O=C(O)CN1CCC[C@H](CN(C(=O)OCc2ccccc2)C2CC2)C1. The van der Waals surface area contributed by atoms with E-state index in [1.807, 2.05) is 40.1 Å². The van der Waals surface area contributed by atoms with Crippen LogP contribution in [-0.4, -0.2) is 59.2 Å². The Labute approximate surface area is 148 Å². The molecule has 1 saturated heterocycles. The van der Waals surface area contributed by atoms with Gasteiger partial charge in [0, 0.05) is 19.1 Å². The van der Waals surface area contributed by atoms with Crippen molar-refractivity contribution in [3.05, 3.63) is 35.9 Å². The monoisotopic (exact) mass is 346 g/mol. The van der Waals surface area contributed by atoms with E-state index in [0.29, 0.717) is 19.1 Å². The molecule has 2 fully saturated rings. The predicted octanol–water partition coefficient (Wildman–Crippen LogP) is 2.58. The number of carbonyl (C=O) groups is 2. The first kappa shape index (κ1) is 17.7. The molecule has 3 rings (SSSR count). The predicted molar refractivity (Wildman–Crippen MR) is 93.2 cm³/mol. The standard InChI is InChI=1S/C19H26N2O4/c22-18(23)13-20-10-4-7-16(11-20)12-21(17-8-9-17)19(24)25-14-15-5-2-1-3-6-15/h1-3,5-6,16-17H,4,7-14H2,(H,22,23)/t16-/m0/s1. The zero-order valence-corrected chi connectivity index (χ0v) is 14.5. The van der Waals surface area contributed by atoms with Gasteiger partial charge in [-0.2, -0.15) is 0 Å². The number of carboxylic acid groups (broad SMARTS) is 1. The van der Waals surface area contributed by atoms with Crippen molar-refractivity contribution in [2.45, 2.75) is 38.3 Å². The number of carbonyl (C=O) groups excluding carboxylic acids is 1. The molecule has 0 radical (unpaired) electrons. The van der Waals surface area contributed by atoms with Crippen molar-refractivity contribution in [1.82, 2.24) is 9.80 Å². The number of piperidine rings is 1. The van der Waals surface area contributed by atoms with E-state index in [9.17, 15) is 9.59 Å². The Balaban J connectivity index is 1.52. The van der Waals surface area contributed by atoms with Crippen LogP contribution in [0.2, 0.25) is 0 Å². The van der Waals surface area contributed by atoms with Gasteiger partial charge in [0.2, 0.25) is 0 Å². The minimum Gasteiger partial charge on any atom is -0.480 e. The minimum absolute atomic E-state index is 0.0817. The number of amides is 1. The summed E-state index contributed by atoms with van der Waals surface area (Å²) in [5.41, 5.74) is 0.983. The van der Waals surface area contributed by atoms with Crippen LogP contribution in [0.15, 0.2) is 30.3 Å². The molecule has 0 spiro atoms. The fourth-order valence-corrected chi connectivity index (χ4v) is 3.47. The molecule has 1 saturated carbocycles. The van der Waals surface area contributed by atoms with Gasteiger partial charge in [-0.05, 0) is 43.7 Å². The number of aliphatic carboxylic acids is 1. The second-order valence-corrected chi connectivity index (χ2v) is 7.06. The Kier molecular flexibility index (Phi) is 5.91. The van der Waals surface area contributed by atoms with Crippen LogP contribution in [0.5, 0.6) is 0 Å². The topological polar surface area (TPSA) is 70.1 Å². The van der Waals surface area contributed by atoms with Crippen LogP contribution in [0.4, 0.5) is 4.79 Å². The van der Waals surface area contributed by atoms with Crippen molar-refractivity contribution >= 4 is 12.1 Å². The van der Waals surface area contributed by atoms with Crippen LogP contribution < -0.4 is 0 Å². The number of ether oxygens (including phenoxy) is 1. The van der Waals surface area contributed by atoms with Crippen molar-refractivity contribution in [2.75, 3.05) is 26.2 Å². The Morgan fingerprint density at radius 2 is 1.96 bits per heavy atom. The highest BCUT2D eigenvalue weighted by molar-refractivity contribution is 5.69. The number of carboxylic acids is 1. The number of hydrogen-bond acceptors (Lipinski definition) is 4. The van der Waals surface area contributed by atoms with E-state index in [-0.39, 0.29) is 18.7 Å². The summed E-state index contributed by atoms with van der Waals surface area (Å²) in [4.78, 5) is 27.3. The van der Waals surface area contributed by atoms with Gasteiger partial charge in [0.05, 0.1) is 6.54 Å². The van der Waals surface area contributed by atoms with Crippen LogP contribution >= 0.6 is 0 Å². The van der Waals surface area contributed by atoms with E-state index >= 15 is 0 Å². The van der Waals surface area contributed by atoms with Crippen LogP contribution in [0.1, 0.15) is 31.2 Å². The molecule has 1 aliphatic heterocycles. The molecule has 1 atom stereocenters. The molecular weight excluding hydrogens is 320 g/mol. The first-order valence-corrected chi connectivity index (χ1v) is 9.03. The maximum absolute atomic E-state index is 12.5. The molecule has 2 aliphatic rings. The van der Waals surface area contributed by atoms with Gasteiger partial charge in [0.15, 0.2) is 0 Å². The zero-order chi connectivity index (χ0) is 17.6. The van der Waals surface area contributed by atoms with Gasteiger partial charge in [-0.25, -0.2) is 4.79 Å². The van der Waals surface area contributed by atoms with Gasteiger partial charge in [0.1, 0.15) is 6.61 Å². The second-order valence-electron chi connectivity index (χ2n) is 7.06. The van der Waals surface area contributed by atoms with E-state index in [1.54, 1.807) is 0 Å². The summed E-state index contributed by atoms with van der Waals surface area (Å²) < 4.78 is 5.50. The van der Waals surface area contributed by atoms with Crippen molar-refractivity contribution in [2.24, 2.45) is 5.92 Å². The number of nitrogens with zero attached hydrogens (tertiary/aromatic N) is 2. The molecule has 25 heavy (non-hydrogen) atoms. The van der Waals surface area contributed by atoms with E-state index in [1.165, 1.54) is 0 Å². The summed E-state index contributed by atoms with van der Waals surface area (Å²) in [6.07, 6.45) is 3.83. The first-order valence-electron chi connectivity index (χ1n) is 9.03. The van der Waals surface area contributed by atoms with Crippen molar-refractivity contribution < 1.29 is 19.4 Å². The second kappa shape index (κ2) is 8.34. The highest BCUT2D eigenvalue weighted by Crippen LogP contribution is 2.30. The molecule has 136 valence electrons. The molecule has 6 heteroatoms. The molecule has 0 unspecified atom stereocenters. The third-order valence-electron chi connectivity index (χ3n) is 4.84. The van der Waals surface area contributed by atoms with Crippen LogP contribution in [0.3, 0.4) is 0 Å². The van der Waals surface area contributed by atoms with Gasteiger partial charge in [-0.15, -0.1) is 0 Å². The van der Waals surface area contributed by atoms with Gasteiger partial charge in [-0.1, -0.05) is 30.3 Å². The molecule has 1 aromatic rings. The Morgan fingerprint density at radius 3 is 2.64 bits per heavy atom. The molecular formula is C19H26N2O4. The summed E-state index contributed by atoms with van der Waals surface area (Å²) >= 11 is 0. The zero-order valence-electron chi connectivity index (χ0n) is 14.5. The summed E-state index contributed by atoms with van der Waals surface area (Å²) in [6.45, 7) is 2.59. The maximum atomic E-state index is 12.5. The smallest absolute Gasteiger partial charge is 0.410 e. The quantitative estimate of drug-likeness (QED) is 0.822. The molecule has 1 aromatic carbocycles. The van der Waals surface area contributed by atoms with Gasteiger partial charge < -0.3 is 14.7 Å². The van der Waals surface area contributed by atoms with E-state index in [4.69, 9.17) is 9.84 Å². The average Bonchev–Trinajstić information content (AvgIpc) is 3.43. The third-order valence-corrected chi connectivity index (χ3v) is 4.84. The van der Waals surface area contributed by atoms with Crippen LogP contribution in [0.25, 0.3) is 0 Å². The first-order chi connectivity index (χ1) is 12.1. The summed E-state index contributed by atoms with van der Waals surface area (Å²) in [7, 11) is 0. The van der Waals surface area contributed by atoms with Crippen molar-refractivity contribution in [1.29, 1.82) is 0 Å². The average molecular weight is 346 g/mol. The lowest BCUT2D eigenvalue weighted by atomic mass is 9.97. The molecule has 1 heterocycles. The minimum atomic E-state index is -0.790. The molecule has 1 N–H and O–H groups in total. The molecule has 6 nitrogen and oxygen atoms in total. The Bertz CT molecular complexity index is 588. The summed E-state index contributed by atoms with van der Waals surface area (Å²) in [5.74, 6) is -0.472. The lowest BCUT2D eigenvalue weighted by Crippen LogP contribution is -2.45. The highest BCUT2D eigenvalue weighted by atomic mass is 16.6. The van der Waals surface area contributed by atoms with Gasteiger partial charge in [-0.3, -0.25) is 9.69 Å². The fourth-order valence-electron chi connectivity index (χ4n) is 3.47. The lowest BCUT2D eigenvalue weighted by molar-refractivity contribution is -0.138. The highest BCUT2D eigenvalue weighted by Gasteiger charge is 2.36. The lowest BCUT2D eigenvalue weighted by Gasteiger charge is -2.34. The van der Waals surface area contributed by atoms with E-state index < -0.39 is 5.97 Å². The van der Waals surface area contributed by atoms with Gasteiger partial charge in [0.25, 0.3) is 0 Å². The van der Waals surface area contributed by atoms with Crippen LogP contribution in [0, 0.1) is 5.92 Å². The van der Waals surface area contributed by atoms with Crippen LogP contribution in [-0.2, 0) is 16.1 Å². The number of rotatable bonds is 7. The number of benzene rings is 1. The van der Waals surface area contributed by atoms with E-state index in [2.05, 4.69) is 0 Å². The maximum Gasteiger partial charge on any atom is 0.410 e. The van der Waals surface area contributed by atoms with Crippen molar-refractivity contribution in [3.8, 4) is 0 Å². The molecule has 1 aliphatic carbocycles.